The van der Waals surface area contributed by atoms with Crippen LogP contribution in [0.1, 0.15) is 34.3 Å². The summed E-state index contributed by atoms with van der Waals surface area (Å²) < 4.78 is 0. The average molecular weight is 431 g/mol. The van der Waals surface area contributed by atoms with E-state index in [2.05, 4.69) is 71.3 Å². The lowest BCUT2D eigenvalue weighted by atomic mass is 9.90. The molecule has 0 saturated heterocycles. The van der Waals surface area contributed by atoms with E-state index < -0.39 is 0 Å². The Morgan fingerprint density at radius 3 is 1.30 bits per heavy atom. The number of fused-ring (bicyclic) bond motifs is 2. The van der Waals surface area contributed by atoms with Crippen molar-refractivity contribution in [3.63, 3.8) is 0 Å². The first-order chi connectivity index (χ1) is 14.7. The summed E-state index contributed by atoms with van der Waals surface area (Å²) >= 11 is 12.8. The first kappa shape index (κ1) is 19.0. The number of rotatable bonds is 2. The molecular weight excluding hydrogens is 411 g/mol. The Hall–Kier alpha value is -2.94. The summed E-state index contributed by atoms with van der Waals surface area (Å²) in [4.78, 5) is 0. The summed E-state index contributed by atoms with van der Waals surface area (Å²) in [5.74, 6) is 0. The quantitative estimate of drug-likeness (QED) is 0.340. The lowest BCUT2D eigenvalue weighted by Crippen LogP contribution is -2.23. The minimum atomic E-state index is -0.0518. The summed E-state index contributed by atoms with van der Waals surface area (Å²) in [6.45, 7) is 0. The molecule has 30 heavy (non-hydrogen) atoms. The zero-order chi connectivity index (χ0) is 20.5. The first-order valence-corrected chi connectivity index (χ1v) is 10.7. The van der Waals surface area contributed by atoms with E-state index in [-0.39, 0.29) is 12.1 Å². The zero-order valence-electron chi connectivity index (χ0n) is 16.1. The van der Waals surface area contributed by atoms with E-state index in [1.807, 2.05) is 36.4 Å². The number of halogens is 2. The number of benzene rings is 4. The highest BCUT2D eigenvalue weighted by Gasteiger charge is 2.27. The third-order valence-corrected chi connectivity index (χ3v) is 5.98. The number of hydrogen-bond donors (Lipinski definition) is 2. The molecule has 2 atom stereocenters. The van der Waals surface area contributed by atoms with Crippen molar-refractivity contribution < 1.29 is 0 Å². The standard InChI is InChI=1S/C26H20Cl2N2/c27-19-11-13-23-21(15-19)25(17-7-3-1-4-8-17)29-24-14-12-20(28)16-22(24)26(30-23)18-9-5-2-6-10-18/h1-16,25-26,29-30H/t25-,26-/m1/s1. The summed E-state index contributed by atoms with van der Waals surface area (Å²) in [7, 11) is 0. The van der Waals surface area contributed by atoms with E-state index in [0.717, 1.165) is 22.5 Å². The van der Waals surface area contributed by atoms with E-state index in [0.29, 0.717) is 10.0 Å². The maximum absolute atomic E-state index is 6.42. The van der Waals surface area contributed by atoms with Gasteiger partial charge in [0, 0.05) is 32.5 Å². The molecule has 0 aromatic heterocycles. The topological polar surface area (TPSA) is 24.1 Å². The van der Waals surface area contributed by atoms with Crippen LogP contribution in [-0.2, 0) is 0 Å². The Balaban J connectivity index is 1.73. The number of anilines is 2. The van der Waals surface area contributed by atoms with Crippen molar-refractivity contribution in [2.24, 2.45) is 0 Å². The van der Waals surface area contributed by atoms with E-state index in [1.54, 1.807) is 0 Å². The van der Waals surface area contributed by atoms with Crippen LogP contribution in [0.5, 0.6) is 0 Å². The maximum atomic E-state index is 6.42. The van der Waals surface area contributed by atoms with Crippen LogP contribution in [0, 0.1) is 0 Å². The van der Waals surface area contributed by atoms with Crippen molar-refractivity contribution in [1.82, 2.24) is 0 Å². The molecule has 0 spiro atoms. The highest BCUT2D eigenvalue weighted by atomic mass is 35.5. The van der Waals surface area contributed by atoms with Gasteiger partial charge in [0.05, 0.1) is 12.1 Å². The van der Waals surface area contributed by atoms with Crippen LogP contribution in [0.15, 0.2) is 97.1 Å². The fourth-order valence-electron chi connectivity index (χ4n) is 4.09. The summed E-state index contributed by atoms with van der Waals surface area (Å²) in [6, 6.07) is 32.8. The largest absolute Gasteiger partial charge is 0.374 e. The highest BCUT2D eigenvalue weighted by Crippen LogP contribution is 2.42. The van der Waals surface area contributed by atoms with Gasteiger partial charge in [0.15, 0.2) is 0 Å². The lowest BCUT2D eigenvalue weighted by molar-refractivity contribution is 0.870. The van der Waals surface area contributed by atoms with Crippen LogP contribution >= 0.6 is 23.2 Å². The van der Waals surface area contributed by atoms with Crippen molar-refractivity contribution in [3.8, 4) is 0 Å². The fraction of sp³-hybridized carbons (Fsp3) is 0.0769. The van der Waals surface area contributed by atoms with Gasteiger partial charge in [-0.2, -0.15) is 0 Å². The lowest BCUT2D eigenvalue weighted by Gasteiger charge is -2.33. The fourth-order valence-corrected chi connectivity index (χ4v) is 4.45. The maximum Gasteiger partial charge on any atom is 0.0788 e. The van der Waals surface area contributed by atoms with Gasteiger partial charge in [0.1, 0.15) is 0 Å². The van der Waals surface area contributed by atoms with Crippen LogP contribution in [0.3, 0.4) is 0 Å². The second kappa shape index (κ2) is 8.06. The van der Waals surface area contributed by atoms with Gasteiger partial charge in [-0.25, -0.2) is 0 Å². The molecule has 2 N–H and O–H groups in total. The second-order valence-electron chi connectivity index (χ2n) is 7.44. The second-order valence-corrected chi connectivity index (χ2v) is 8.31. The number of nitrogens with one attached hydrogen (secondary N) is 2. The monoisotopic (exact) mass is 430 g/mol. The van der Waals surface area contributed by atoms with Gasteiger partial charge in [-0.15, -0.1) is 0 Å². The molecule has 4 aromatic rings. The van der Waals surface area contributed by atoms with Gasteiger partial charge in [0.25, 0.3) is 0 Å². The van der Waals surface area contributed by atoms with Gasteiger partial charge >= 0.3 is 0 Å². The molecule has 4 heteroatoms. The molecule has 1 aliphatic heterocycles. The molecule has 0 fully saturated rings. The van der Waals surface area contributed by atoms with E-state index in [4.69, 9.17) is 23.2 Å². The molecular formula is C26H20Cl2N2. The predicted octanol–water partition coefficient (Wildman–Crippen LogP) is 7.71. The zero-order valence-corrected chi connectivity index (χ0v) is 17.7. The highest BCUT2D eigenvalue weighted by molar-refractivity contribution is 6.31. The van der Waals surface area contributed by atoms with Gasteiger partial charge in [-0.05, 0) is 47.5 Å². The Morgan fingerprint density at radius 2 is 0.900 bits per heavy atom. The van der Waals surface area contributed by atoms with Crippen molar-refractivity contribution in [3.05, 3.63) is 129 Å². The van der Waals surface area contributed by atoms with Crippen molar-refractivity contribution in [2.75, 3.05) is 10.6 Å². The van der Waals surface area contributed by atoms with Gasteiger partial charge in [-0.3, -0.25) is 0 Å². The average Bonchev–Trinajstić information content (AvgIpc) is 2.77. The molecule has 1 heterocycles. The molecule has 0 saturated carbocycles. The third kappa shape index (κ3) is 3.65. The van der Waals surface area contributed by atoms with Crippen LogP contribution in [0.25, 0.3) is 0 Å². The predicted molar refractivity (Wildman–Crippen MR) is 127 cm³/mol. The molecule has 0 unspecified atom stereocenters. The van der Waals surface area contributed by atoms with Gasteiger partial charge in [-0.1, -0.05) is 83.9 Å². The van der Waals surface area contributed by atoms with E-state index in [9.17, 15) is 0 Å². The molecule has 4 aromatic carbocycles. The van der Waals surface area contributed by atoms with Gasteiger partial charge < -0.3 is 10.6 Å². The van der Waals surface area contributed by atoms with Crippen molar-refractivity contribution in [2.45, 2.75) is 12.1 Å². The summed E-state index contributed by atoms with van der Waals surface area (Å²) in [5, 5.41) is 8.97. The van der Waals surface area contributed by atoms with E-state index >= 15 is 0 Å². The molecule has 0 aliphatic carbocycles. The minimum Gasteiger partial charge on any atom is -0.374 e. The van der Waals surface area contributed by atoms with E-state index in [1.165, 1.54) is 11.1 Å². The molecule has 0 amide bonds. The van der Waals surface area contributed by atoms with Gasteiger partial charge in [0.2, 0.25) is 0 Å². The van der Waals surface area contributed by atoms with Crippen LogP contribution < -0.4 is 10.6 Å². The Bertz CT molecular complexity index is 1080. The minimum absolute atomic E-state index is 0.0518. The van der Waals surface area contributed by atoms with Crippen LogP contribution in [0.2, 0.25) is 10.0 Å². The van der Waals surface area contributed by atoms with Crippen molar-refractivity contribution >= 4 is 34.6 Å². The Morgan fingerprint density at radius 1 is 0.500 bits per heavy atom. The van der Waals surface area contributed by atoms with Crippen LogP contribution in [-0.4, -0.2) is 0 Å². The molecule has 148 valence electrons. The molecule has 0 bridgehead atoms. The number of hydrogen-bond acceptors (Lipinski definition) is 2. The van der Waals surface area contributed by atoms with Crippen LogP contribution in [0.4, 0.5) is 11.4 Å². The molecule has 2 nitrogen and oxygen atoms in total. The molecule has 5 rings (SSSR count). The molecule has 1 aliphatic rings. The Labute approximate surface area is 186 Å². The SMILES string of the molecule is Clc1ccc2c(c1)[C@@H](c1ccccc1)Nc1ccc(Cl)cc1[C@@H](c1ccccc1)N2. The van der Waals surface area contributed by atoms with Crippen molar-refractivity contribution in [1.29, 1.82) is 0 Å². The first-order valence-electron chi connectivity index (χ1n) is 9.91. The normalized spacial score (nSPS) is 17.5. The third-order valence-electron chi connectivity index (χ3n) is 5.51. The Kier molecular flexibility index (Phi) is 5.12. The summed E-state index contributed by atoms with van der Waals surface area (Å²) in [5.41, 5.74) is 6.63. The molecule has 0 radical (unpaired) electrons. The summed E-state index contributed by atoms with van der Waals surface area (Å²) in [6.07, 6.45) is 0. The smallest absolute Gasteiger partial charge is 0.0788 e.